The van der Waals surface area contributed by atoms with Crippen LogP contribution in [0.4, 0.5) is 11.4 Å². The van der Waals surface area contributed by atoms with E-state index in [1.807, 2.05) is 60.7 Å². The molecule has 0 aliphatic heterocycles. The molecule has 0 bridgehead atoms. The molecule has 4 nitrogen and oxygen atoms in total. The highest BCUT2D eigenvalue weighted by atomic mass is 16.2. The van der Waals surface area contributed by atoms with Crippen molar-refractivity contribution in [1.29, 1.82) is 0 Å². The average Bonchev–Trinajstić information content (AvgIpc) is 2.72. The lowest BCUT2D eigenvalue weighted by atomic mass is 10.1. The lowest BCUT2D eigenvalue weighted by Gasteiger charge is -2.08. The first-order valence-corrected chi connectivity index (χ1v) is 9.17. The molecule has 3 aromatic carbocycles. The van der Waals surface area contributed by atoms with E-state index >= 15 is 0 Å². The summed E-state index contributed by atoms with van der Waals surface area (Å²) in [4.78, 5) is 24.3. The van der Waals surface area contributed by atoms with Gasteiger partial charge >= 0.3 is 0 Å². The van der Waals surface area contributed by atoms with Crippen molar-refractivity contribution in [3.05, 3.63) is 102 Å². The summed E-state index contributed by atoms with van der Waals surface area (Å²) in [6.45, 7) is 0. The van der Waals surface area contributed by atoms with Crippen molar-refractivity contribution >= 4 is 29.3 Å². The van der Waals surface area contributed by atoms with Gasteiger partial charge in [-0.3, -0.25) is 9.59 Å². The van der Waals surface area contributed by atoms with Gasteiger partial charge in [-0.25, -0.2) is 0 Å². The maximum Gasteiger partial charge on any atom is 0.248 e. The number of nitrogens with one attached hydrogen (secondary N) is 2. The molecule has 0 spiro atoms. The number of carbonyl (C=O) groups is 2. The maximum absolute atomic E-state index is 12.2. The minimum atomic E-state index is -0.226. The summed E-state index contributed by atoms with van der Waals surface area (Å²) in [5.41, 5.74) is 3.37. The normalized spacial score (nSPS) is 10.6. The molecular formula is C24H22N2O2. The van der Waals surface area contributed by atoms with Gasteiger partial charge in [0.1, 0.15) is 0 Å². The Bertz CT molecular complexity index is 951. The van der Waals surface area contributed by atoms with Crippen LogP contribution in [0.2, 0.25) is 0 Å². The maximum atomic E-state index is 12.2. The lowest BCUT2D eigenvalue weighted by molar-refractivity contribution is -0.116. The molecule has 0 aliphatic carbocycles. The Labute approximate surface area is 164 Å². The zero-order chi connectivity index (χ0) is 19.6. The summed E-state index contributed by atoms with van der Waals surface area (Å²) in [5.74, 6) is -0.285. The van der Waals surface area contributed by atoms with Gasteiger partial charge in [0.05, 0.1) is 0 Å². The molecule has 3 rings (SSSR count). The monoisotopic (exact) mass is 370 g/mol. The molecule has 28 heavy (non-hydrogen) atoms. The Morgan fingerprint density at radius 2 is 1.39 bits per heavy atom. The predicted octanol–water partition coefficient (Wildman–Crippen LogP) is 4.91. The Morgan fingerprint density at radius 1 is 0.750 bits per heavy atom. The van der Waals surface area contributed by atoms with Crippen LogP contribution in [0, 0.1) is 0 Å². The number of hydrogen-bond acceptors (Lipinski definition) is 2. The van der Waals surface area contributed by atoms with Gasteiger partial charge in [0.15, 0.2) is 0 Å². The molecular weight excluding hydrogens is 348 g/mol. The highest BCUT2D eigenvalue weighted by Crippen LogP contribution is 2.16. The molecule has 0 saturated carbocycles. The van der Waals surface area contributed by atoms with Gasteiger partial charge in [-0.15, -0.1) is 0 Å². The summed E-state index contributed by atoms with van der Waals surface area (Å²) in [7, 11) is 0. The number of hydrogen-bond donors (Lipinski definition) is 2. The van der Waals surface area contributed by atoms with Crippen LogP contribution in [-0.4, -0.2) is 11.8 Å². The second-order valence-electron chi connectivity index (χ2n) is 6.35. The van der Waals surface area contributed by atoms with Gasteiger partial charge < -0.3 is 10.6 Å². The molecule has 3 aromatic rings. The second-order valence-corrected chi connectivity index (χ2v) is 6.35. The largest absolute Gasteiger partial charge is 0.326 e. The quantitative estimate of drug-likeness (QED) is 0.581. The molecule has 0 aliphatic rings. The summed E-state index contributed by atoms with van der Waals surface area (Å²) >= 11 is 0. The molecule has 4 heteroatoms. The average molecular weight is 370 g/mol. The van der Waals surface area contributed by atoms with Crippen LogP contribution in [0.1, 0.15) is 17.5 Å². The fourth-order valence-electron chi connectivity index (χ4n) is 2.72. The summed E-state index contributed by atoms with van der Waals surface area (Å²) < 4.78 is 0. The zero-order valence-corrected chi connectivity index (χ0v) is 15.5. The highest BCUT2D eigenvalue weighted by Gasteiger charge is 2.05. The van der Waals surface area contributed by atoms with Crippen LogP contribution in [0.5, 0.6) is 0 Å². The van der Waals surface area contributed by atoms with Crippen molar-refractivity contribution in [2.24, 2.45) is 0 Å². The number of carbonyl (C=O) groups excluding carboxylic acids is 2. The van der Waals surface area contributed by atoms with Crippen molar-refractivity contribution < 1.29 is 9.59 Å². The first-order valence-electron chi connectivity index (χ1n) is 9.17. The van der Waals surface area contributed by atoms with Gasteiger partial charge in [0.25, 0.3) is 0 Å². The van der Waals surface area contributed by atoms with E-state index in [0.29, 0.717) is 24.2 Å². The van der Waals surface area contributed by atoms with Crippen molar-refractivity contribution in [3.8, 4) is 0 Å². The number of benzene rings is 3. The van der Waals surface area contributed by atoms with E-state index in [-0.39, 0.29) is 11.8 Å². The lowest BCUT2D eigenvalue weighted by Crippen LogP contribution is -2.13. The first-order chi connectivity index (χ1) is 13.7. The van der Waals surface area contributed by atoms with E-state index in [2.05, 4.69) is 10.6 Å². The third-order valence-electron chi connectivity index (χ3n) is 4.12. The van der Waals surface area contributed by atoms with E-state index in [0.717, 1.165) is 11.1 Å². The Morgan fingerprint density at radius 3 is 2.11 bits per heavy atom. The third-order valence-corrected chi connectivity index (χ3v) is 4.12. The Hall–Kier alpha value is -3.66. The molecule has 2 N–H and O–H groups in total. The summed E-state index contributed by atoms with van der Waals surface area (Å²) in [6.07, 6.45) is 4.33. The molecule has 0 radical (unpaired) electrons. The van der Waals surface area contributed by atoms with Crippen molar-refractivity contribution in [1.82, 2.24) is 0 Å². The SMILES string of the molecule is O=C(/C=C\c1ccccc1)Nc1cccc(NC(=O)CCc2ccccc2)c1. The molecule has 0 fully saturated rings. The van der Waals surface area contributed by atoms with Gasteiger partial charge in [-0.2, -0.15) is 0 Å². The van der Waals surface area contributed by atoms with Gasteiger partial charge in [-0.1, -0.05) is 66.7 Å². The molecule has 0 unspecified atom stereocenters. The van der Waals surface area contributed by atoms with E-state index in [4.69, 9.17) is 0 Å². The first kappa shape index (κ1) is 19.1. The summed E-state index contributed by atoms with van der Waals surface area (Å²) in [6, 6.07) is 26.6. The molecule has 0 aromatic heterocycles. The number of anilines is 2. The smallest absolute Gasteiger partial charge is 0.248 e. The van der Waals surface area contributed by atoms with Crippen LogP contribution in [-0.2, 0) is 16.0 Å². The fraction of sp³-hybridized carbons (Fsp3) is 0.0833. The number of amides is 2. The standard InChI is InChI=1S/C24H22N2O2/c27-23(16-14-19-8-3-1-4-9-19)25-21-12-7-13-22(18-21)26-24(28)17-15-20-10-5-2-6-11-20/h1-14,16,18H,15,17H2,(H,25,27)(H,26,28)/b16-14-. The van der Waals surface area contributed by atoms with Crippen LogP contribution in [0.25, 0.3) is 6.08 Å². The minimum Gasteiger partial charge on any atom is -0.326 e. The molecule has 2 amide bonds. The number of rotatable bonds is 7. The van der Waals surface area contributed by atoms with Crippen LogP contribution < -0.4 is 10.6 Å². The van der Waals surface area contributed by atoms with Crippen LogP contribution in [0.3, 0.4) is 0 Å². The van der Waals surface area contributed by atoms with Gasteiger partial charge in [-0.05, 0) is 41.8 Å². The van der Waals surface area contributed by atoms with Crippen molar-refractivity contribution in [2.45, 2.75) is 12.8 Å². The molecule has 0 heterocycles. The van der Waals surface area contributed by atoms with Crippen molar-refractivity contribution in [3.63, 3.8) is 0 Å². The Kier molecular flexibility index (Phi) is 6.74. The van der Waals surface area contributed by atoms with Crippen LogP contribution in [0.15, 0.2) is 91.0 Å². The van der Waals surface area contributed by atoms with Crippen LogP contribution >= 0.6 is 0 Å². The fourth-order valence-corrected chi connectivity index (χ4v) is 2.72. The number of aryl methyl sites for hydroxylation is 1. The molecule has 0 atom stereocenters. The molecule has 0 saturated heterocycles. The van der Waals surface area contributed by atoms with E-state index in [1.165, 1.54) is 6.08 Å². The van der Waals surface area contributed by atoms with E-state index in [1.54, 1.807) is 30.3 Å². The van der Waals surface area contributed by atoms with Gasteiger partial charge in [0, 0.05) is 23.9 Å². The second kappa shape index (κ2) is 9.88. The molecule has 140 valence electrons. The van der Waals surface area contributed by atoms with E-state index < -0.39 is 0 Å². The topological polar surface area (TPSA) is 58.2 Å². The predicted molar refractivity (Wildman–Crippen MR) is 114 cm³/mol. The van der Waals surface area contributed by atoms with Gasteiger partial charge in [0.2, 0.25) is 11.8 Å². The minimum absolute atomic E-state index is 0.0590. The zero-order valence-electron chi connectivity index (χ0n) is 15.5. The Balaban J connectivity index is 1.52. The van der Waals surface area contributed by atoms with E-state index in [9.17, 15) is 9.59 Å². The van der Waals surface area contributed by atoms with Crippen molar-refractivity contribution in [2.75, 3.05) is 10.6 Å². The summed E-state index contributed by atoms with van der Waals surface area (Å²) in [5, 5.41) is 5.68. The third kappa shape index (κ3) is 6.25. The highest BCUT2D eigenvalue weighted by molar-refractivity contribution is 6.02.